The third-order valence-electron chi connectivity index (χ3n) is 2.06. The molecule has 0 rings (SSSR count). The summed E-state index contributed by atoms with van der Waals surface area (Å²) < 4.78 is 0. The molecule has 0 fully saturated rings. The van der Waals surface area contributed by atoms with Gasteiger partial charge >= 0.3 is 0 Å². The highest BCUT2D eigenvalue weighted by atomic mass is 32.2. The van der Waals surface area contributed by atoms with Gasteiger partial charge in [-0.2, -0.15) is 0 Å². The van der Waals surface area contributed by atoms with E-state index in [0.29, 0.717) is 17.5 Å². The van der Waals surface area contributed by atoms with Crippen molar-refractivity contribution < 1.29 is 9.59 Å². The third kappa shape index (κ3) is 10.3. The van der Waals surface area contributed by atoms with E-state index in [4.69, 9.17) is 0 Å². The fourth-order valence-electron chi connectivity index (χ4n) is 1.15. The zero-order chi connectivity index (χ0) is 11.7. The van der Waals surface area contributed by atoms with Crippen molar-refractivity contribution in [2.75, 3.05) is 11.5 Å². The highest BCUT2D eigenvalue weighted by Gasteiger charge is 2.07. The lowest BCUT2D eigenvalue weighted by molar-refractivity contribution is -0.111. The molecule has 2 nitrogen and oxygen atoms in total. The van der Waals surface area contributed by atoms with Gasteiger partial charge in [-0.3, -0.25) is 9.59 Å². The lowest BCUT2D eigenvalue weighted by Crippen LogP contribution is -2.01. The van der Waals surface area contributed by atoms with Gasteiger partial charge in [0.25, 0.3) is 0 Å². The summed E-state index contributed by atoms with van der Waals surface area (Å²) in [6, 6.07) is 0. The van der Waals surface area contributed by atoms with Crippen molar-refractivity contribution in [3.63, 3.8) is 0 Å². The number of carbonyl (C=O) groups excluding carboxylic acids is 2. The van der Waals surface area contributed by atoms with E-state index in [-0.39, 0.29) is 5.12 Å². The Morgan fingerprint density at radius 3 is 2.40 bits per heavy atom. The normalized spacial score (nSPS) is 12.5. The lowest BCUT2D eigenvalue weighted by Gasteiger charge is -2.09. The maximum Gasteiger partial charge on any atom is 0.188 e. The molecule has 0 spiro atoms. The zero-order valence-corrected chi connectivity index (χ0v) is 11.4. The number of thioether (sulfide) groups is 2. The summed E-state index contributed by atoms with van der Waals surface area (Å²) in [6.45, 7) is 5.73. The van der Waals surface area contributed by atoms with E-state index in [1.54, 1.807) is 6.92 Å². The van der Waals surface area contributed by atoms with Crippen LogP contribution in [0.5, 0.6) is 0 Å². The van der Waals surface area contributed by atoms with Crippen LogP contribution >= 0.6 is 23.5 Å². The molecule has 0 aliphatic carbocycles. The van der Waals surface area contributed by atoms with Crippen LogP contribution < -0.4 is 0 Å². The summed E-state index contributed by atoms with van der Waals surface area (Å²) in [4.78, 5) is 21.9. The van der Waals surface area contributed by atoms with E-state index in [2.05, 4.69) is 6.92 Å². The molecule has 0 N–H and O–H groups in total. The summed E-state index contributed by atoms with van der Waals surface area (Å²) in [5, 5.41) is 0.475. The highest BCUT2D eigenvalue weighted by Crippen LogP contribution is 2.17. The van der Waals surface area contributed by atoms with Gasteiger partial charge in [-0.25, -0.2) is 0 Å². The Labute approximate surface area is 101 Å². The van der Waals surface area contributed by atoms with Crippen molar-refractivity contribution in [3.05, 3.63) is 0 Å². The molecular formula is C11H20O2S2. The minimum atomic E-state index is 0.180. The Morgan fingerprint density at radius 1 is 1.20 bits per heavy atom. The van der Waals surface area contributed by atoms with Crippen LogP contribution in [0.1, 0.15) is 40.0 Å². The smallest absolute Gasteiger partial charge is 0.188 e. The second kappa shape index (κ2) is 9.28. The minimum absolute atomic E-state index is 0.180. The summed E-state index contributed by atoms with van der Waals surface area (Å²) >= 11 is 2.78. The molecule has 88 valence electrons. The molecule has 0 amide bonds. The molecule has 0 saturated heterocycles. The molecule has 0 aromatic carbocycles. The molecule has 0 heterocycles. The number of carbonyl (C=O) groups is 2. The Morgan fingerprint density at radius 2 is 1.87 bits per heavy atom. The van der Waals surface area contributed by atoms with Crippen molar-refractivity contribution in [2.45, 2.75) is 40.0 Å². The molecule has 1 atom stereocenters. The van der Waals surface area contributed by atoms with Crippen molar-refractivity contribution in [2.24, 2.45) is 5.92 Å². The molecule has 0 radical (unpaired) electrons. The Bertz CT molecular complexity index is 205. The van der Waals surface area contributed by atoms with Crippen LogP contribution in [0.2, 0.25) is 0 Å². The van der Waals surface area contributed by atoms with Crippen LogP contribution in [0.15, 0.2) is 0 Å². The quantitative estimate of drug-likeness (QED) is 0.692. The first-order valence-corrected chi connectivity index (χ1v) is 7.32. The SMILES string of the molecule is CCSC(=O)CC[C@@H](C)CCSC(C)=O. The van der Waals surface area contributed by atoms with Crippen LogP contribution in [0.4, 0.5) is 0 Å². The van der Waals surface area contributed by atoms with Gasteiger partial charge in [-0.15, -0.1) is 0 Å². The molecule has 0 unspecified atom stereocenters. The predicted octanol–water partition coefficient (Wildman–Crippen LogP) is 3.35. The number of hydrogen-bond acceptors (Lipinski definition) is 4. The zero-order valence-electron chi connectivity index (χ0n) is 9.75. The summed E-state index contributed by atoms with van der Waals surface area (Å²) in [5.74, 6) is 2.29. The van der Waals surface area contributed by atoms with Gasteiger partial charge < -0.3 is 0 Å². The van der Waals surface area contributed by atoms with Crippen LogP contribution in [0.3, 0.4) is 0 Å². The molecule has 4 heteroatoms. The van der Waals surface area contributed by atoms with Gasteiger partial charge in [0.1, 0.15) is 0 Å². The molecular weight excluding hydrogens is 228 g/mol. The second-order valence-corrected chi connectivity index (χ2v) is 6.17. The fraction of sp³-hybridized carbons (Fsp3) is 0.818. The first kappa shape index (κ1) is 15.0. The van der Waals surface area contributed by atoms with Crippen LogP contribution in [-0.4, -0.2) is 21.7 Å². The number of hydrogen-bond donors (Lipinski definition) is 0. The maximum atomic E-state index is 11.2. The first-order chi connectivity index (χ1) is 7.06. The number of rotatable bonds is 7. The largest absolute Gasteiger partial charge is 0.288 e. The van der Waals surface area contributed by atoms with Gasteiger partial charge in [-0.05, 0) is 24.5 Å². The predicted molar refractivity (Wildman–Crippen MR) is 69.3 cm³/mol. The highest BCUT2D eigenvalue weighted by molar-refractivity contribution is 8.13. The van der Waals surface area contributed by atoms with E-state index in [0.717, 1.165) is 24.3 Å². The summed E-state index contributed by atoms with van der Waals surface area (Å²) in [7, 11) is 0. The standard InChI is InChI=1S/C11H20O2S2/c1-4-14-11(13)6-5-9(2)7-8-15-10(3)12/h9H,4-8H2,1-3H3/t9-/m1/s1. The van der Waals surface area contributed by atoms with E-state index in [1.165, 1.54) is 23.5 Å². The average molecular weight is 248 g/mol. The molecule has 0 aromatic heterocycles. The molecule has 0 saturated carbocycles. The average Bonchev–Trinajstić information content (AvgIpc) is 2.14. The summed E-state index contributed by atoms with van der Waals surface area (Å²) in [5.41, 5.74) is 0. The molecule has 15 heavy (non-hydrogen) atoms. The third-order valence-corrected chi connectivity index (χ3v) is 3.72. The van der Waals surface area contributed by atoms with E-state index >= 15 is 0 Å². The van der Waals surface area contributed by atoms with Gasteiger partial charge in [0.15, 0.2) is 10.2 Å². The van der Waals surface area contributed by atoms with Gasteiger partial charge in [-0.1, -0.05) is 37.4 Å². The topological polar surface area (TPSA) is 34.1 Å². The molecule has 0 bridgehead atoms. The molecule has 0 aliphatic rings. The Balaban J connectivity index is 3.44. The molecule has 0 aromatic rings. The maximum absolute atomic E-state index is 11.2. The van der Waals surface area contributed by atoms with Crippen molar-refractivity contribution in [1.29, 1.82) is 0 Å². The van der Waals surface area contributed by atoms with Crippen LogP contribution in [0.25, 0.3) is 0 Å². The second-order valence-electron chi connectivity index (χ2n) is 3.58. The van der Waals surface area contributed by atoms with Crippen molar-refractivity contribution >= 4 is 33.8 Å². The Kier molecular flexibility index (Phi) is 9.30. The van der Waals surface area contributed by atoms with Gasteiger partial charge in [0.2, 0.25) is 0 Å². The van der Waals surface area contributed by atoms with Gasteiger partial charge in [0.05, 0.1) is 0 Å². The van der Waals surface area contributed by atoms with E-state index in [1.807, 2.05) is 6.92 Å². The van der Waals surface area contributed by atoms with E-state index in [9.17, 15) is 9.59 Å². The fourth-order valence-corrected chi connectivity index (χ4v) is 2.54. The first-order valence-electron chi connectivity index (χ1n) is 5.35. The molecule has 0 aliphatic heterocycles. The minimum Gasteiger partial charge on any atom is -0.288 e. The van der Waals surface area contributed by atoms with Crippen molar-refractivity contribution in [1.82, 2.24) is 0 Å². The van der Waals surface area contributed by atoms with Gasteiger partial charge in [0, 0.05) is 19.1 Å². The monoisotopic (exact) mass is 248 g/mol. The van der Waals surface area contributed by atoms with E-state index < -0.39 is 0 Å². The summed E-state index contributed by atoms with van der Waals surface area (Å²) in [6.07, 6.45) is 2.64. The van der Waals surface area contributed by atoms with Crippen LogP contribution in [0, 0.1) is 5.92 Å². The van der Waals surface area contributed by atoms with Crippen LogP contribution in [-0.2, 0) is 9.59 Å². The lowest BCUT2D eigenvalue weighted by atomic mass is 10.0. The Hall–Kier alpha value is 0.0400. The van der Waals surface area contributed by atoms with Crippen molar-refractivity contribution in [3.8, 4) is 0 Å².